The molecule has 5 saturated carbocycles. The van der Waals surface area contributed by atoms with Gasteiger partial charge in [0.1, 0.15) is 0 Å². The maximum atomic E-state index is 10.9. The summed E-state index contributed by atoms with van der Waals surface area (Å²) in [6.07, 6.45) is 11.2. The second-order valence-electron chi connectivity index (χ2n) is 14.4. The number of fused-ring (bicyclic) bond motifs is 7. The molecular formula is C30H50O3. The zero-order chi connectivity index (χ0) is 24.0. The monoisotopic (exact) mass is 458 g/mol. The lowest BCUT2D eigenvalue weighted by atomic mass is 9.32. The molecule has 0 aliphatic heterocycles. The smallest absolute Gasteiger partial charge is 0.0618 e. The van der Waals surface area contributed by atoms with Gasteiger partial charge in [0, 0.05) is 12.0 Å². The number of hydrogen-bond acceptors (Lipinski definition) is 3. The summed E-state index contributed by atoms with van der Waals surface area (Å²) in [5, 5.41) is 32.0. The van der Waals surface area contributed by atoms with Gasteiger partial charge < -0.3 is 15.3 Å². The van der Waals surface area contributed by atoms with E-state index >= 15 is 0 Å². The van der Waals surface area contributed by atoms with Crippen molar-refractivity contribution < 1.29 is 15.3 Å². The maximum Gasteiger partial charge on any atom is 0.0618 e. The van der Waals surface area contributed by atoms with Crippen molar-refractivity contribution in [2.24, 2.45) is 56.7 Å². The van der Waals surface area contributed by atoms with Gasteiger partial charge in [-0.2, -0.15) is 0 Å². The molecule has 5 fully saturated rings. The molecule has 3 heteroatoms. The van der Waals surface area contributed by atoms with E-state index in [1.54, 1.807) is 0 Å². The second kappa shape index (κ2) is 7.56. The van der Waals surface area contributed by atoms with Gasteiger partial charge >= 0.3 is 0 Å². The first-order valence-corrected chi connectivity index (χ1v) is 14.0. The van der Waals surface area contributed by atoms with Crippen LogP contribution < -0.4 is 0 Å². The number of aliphatic hydroxyl groups is 3. The Morgan fingerprint density at radius 2 is 1.52 bits per heavy atom. The molecule has 5 aliphatic rings. The third-order valence-electron chi connectivity index (χ3n) is 13.7. The third kappa shape index (κ3) is 2.85. The molecule has 5 aliphatic carbocycles. The first-order valence-electron chi connectivity index (χ1n) is 14.0. The molecule has 11 atom stereocenters. The van der Waals surface area contributed by atoms with Crippen molar-refractivity contribution in [1.29, 1.82) is 0 Å². The highest BCUT2D eigenvalue weighted by atomic mass is 16.3. The Hall–Kier alpha value is -0.380. The average molecular weight is 459 g/mol. The molecular weight excluding hydrogens is 408 g/mol. The van der Waals surface area contributed by atoms with E-state index in [2.05, 4.69) is 41.2 Å². The van der Waals surface area contributed by atoms with E-state index in [-0.39, 0.29) is 39.8 Å². The topological polar surface area (TPSA) is 60.7 Å². The molecule has 0 radical (unpaired) electrons. The first kappa shape index (κ1) is 24.3. The number of aliphatic hydroxyl groups excluding tert-OH is 3. The van der Waals surface area contributed by atoms with Crippen LogP contribution in [0.25, 0.3) is 0 Å². The summed E-state index contributed by atoms with van der Waals surface area (Å²) >= 11 is 0. The van der Waals surface area contributed by atoms with E-state index in [0.717, 1.165) is 19.3 Å². The second-order valence-corrected chi connectivity index (χ2v) is 14.4. The molecule has 0 aromatic rings. The summed E-state index contributed by atoms with van der Waals surface area (Å²) in [6, 6.07) is 0. The van der Waals surface area contributed by atoms with Crippen molar-refractivity contribution in [3.63, 3.8) is 0 Å². The van der Waals surface area contributed by atoms with Gasteiger partial charge in [-0.1, -0.05) is 39.8 Å². The predicted molar refractivity (Wildman–Crippen MR) is 133 cm³/mol. The van der Waals surface area contributed by atoms with E-state index in [0.29, 0.717) is 36.2 Å². The fourth-order valence-corrected chi connectivity index (χ4v) is 11.6. The lowest BCUT2D eigenvalue weighted by Crippen LogP contribution is -2.67. The number of hydrogen-bond donors (Lipinski definition) is 3. The fraction of sp³-hybridized carbons (Fsp3) is 0.933. The molecule has 0 amide bonds. The molecule has 188 valence electrons. The fourth-order valence-electron chi connectivity index (χ4n) is 11.6. The van der Waals surface area contributed by atoms with E-state index in [1.807, 2.05) is 0 Å². The highest BCUT2D eigenvalue weighted by Gasteiger charge is 2.71. The van der Waals surface area contributed by atoms with Crippen LogP contribution in [0.2, 0.25) is 0 Å². The van der Waals surface area contributed by atoms with Crippen LogP contribution in [-0.2, 0) is 0 Å². The molecule has 5 rings (SSSR count). The Morgan fingerprint density at radius 3 is 2.15 bits per heavy atom. The Morgan fingerprint density at radius 1 is 0.788 bits per heavy atom. The Kier molecular flexibility index (Phi) is 5.57. The Balaban J connectivity index is 1.55. The molecule has 0 saturated heterocycles. The molecule has 0 aromatic heterocycles. The minimum atomic E-state index is -0.383. The van der Waals surface area contributed by atoms with Crippen molar-refractivity contribution in [2.75, 3.05) is 13.2 Å². The van der Waals surface area contributed by atoms with Crippen LogP contribution in [0.15, 0.2) is 12.2 Å². The van der Waals surface area contributed by atoms with Gasteiger partial charge in [-0.05, 0) is 122 Å². The molecule has 0 heterocycles. The van der Waals surface area contributed by atoms with Gasteiger partial charge in [0.05, 0.1) is 12.7 Å². The van der Waals surface area contributed by atoms with Crippen LogP contribution in [-0.4, -0.2) is 34.6 Å². The molecule has 0 spiro atoms. The zero-order valence-corrected chi connectivity index (χ0v) is 22.0. The van der Waals surface area contributed by atoms with E-state index in [1.165, 1.54) is 50.5 Å². The molecule has 33 heavy (non-hydrogen) atoms. The number of allylic oxidation sites excluding steroid dienone is 1. The van der Waals surface area contributed by atoms with Crippen LogP contribution in [0.3, 0.4) is 0 Å². The van der Waals surface area contributed by atoms with Gasteiger partial charge in [-0.3, -0.25) is 0 Å². The SMILES string of the molecule is C=C(C)[C@@H]1CC[C@]2(CO)CC[C@]3(C)[C@@H](CC[C@H]4[C@@]5(C)CC[C@@H](O)[C@](C)(CO)[C@@H]5CC[C@]43C)[C@@H]12. The van der Waals surface area contributed by atoms with Crippen LogP contribution in [0, 0.1) is 56.7 Å². The van der Waals surface area contributed by atoms with Crippen LogP contribution in [0.1, 0.15) is 98.8 Å². The van der Waals surface area contributed by atoms with Crippen molar-refractivity contribution in [3.8, 4) is 0 Å². The quantitative estimate of drug-likeness (QED) is 0.457. The van der Waals surface area contributed by atoms with E-state index in [4.69, 9.17) is 0 Å². The normalized spacial score (nSPS) is 58.1. The van der Waals surface area contributed by atoms with Gasteiger partial charge in [-0.15, -0.1) is 0 Å². The van der Waals surface area contributed by atoms with Crippen LogP contribution >= 0.6 is 0 Å². The van der Waals surface area contributed by atoms with Crippen molar-refractivity contribution in [1.82, 2.24) is 0 Å². The molecule has 0 aromatic carbocycles. The lowest BCUT2D eigenvalue weighted by molar-refractivity contribution is -0.255. The molecule has 3 nitrogen and oxygen atoms in total. The summed E-state index contributed by atoms with van der Waals surface area (Å²) in [7, 11) is 0. The maximum absolute atomic E-state index is 10.9. The average Bonchev–Trinajstić information content (AvgIpc) is 3.17. The minimum absolute atomic E-state index is 0.0964. The summed E-state index contributed by atoms with van der Waals surface area (Å²) in [4.78, 5) is 0. The summed E-state index contributed by atoms with van der Waals surface area (Å²) < 4.78 is 0. The molecule has 3 N–H and O–H groups in total. The summed E-state index contributed by atoms with van der Waals surface area (Å²) in [5.74, 6) is 2.86. The lowest BCUT2D eigenvalue weighted by Gasteiger charge is -2.73. The number of rotatable bonds is 3. The van der Waals surface area contributed by atoms with Crippen molar-refractivity contribution in [3.05, 3.63) is 12.2 Å². The highest BCUT2D eigenvalue weighted by Crippen LogP contribution is 2.77. The third-order valence-corrected chi connectivity index (χ3v) is 13.7. The summed E-state index contributed by atoms with van der Waals surface area (Å²) in [6.45, 7) is 17.0. The van der Waals surface area contributed by atoms with Gasteiger partial charge in [0.15, 0.2) is 0 Å². The predicted octanol–water partition coefficient (Wildman–Crippen LogP) is 5.97. The van der Waals surface area contributed by atoms with E-state index < -0.39 is 0 Å². The van der Waals surface area contributed by atoms with Crippen LogP contribution in [0.4, 0.5) is 0 Å². The van der Waals surface area contributed by atoms with Gasteiger partial charge in [0.25, 0.3) is 0 Å². The Bertz CT molecular complexity index is 808. The molecule has 0 bridgehead atoms. The van der Waals surface area contributed by atoms with Crippen molar-refractivity contribution >= 4 is 0 Å². The Labute approximate surface area is 202 Å². The van der Waals surface area contributed by atoms with Crippen LogP contribution in [0.5, 0.6) is 0 Å². The van der Waals surface area contributed by atoms with Crippen molar-refractivity contribution in [2.45, 2.75) is 105 Å². The molecule has 0 unspecified atom stereocenters. The van der Waals surface area contributed by atoms with Gasteiger partial charge in [0.2, 0.25) is 0 Å². The van der Waals surface area contributed by atoms with E-state index in [9.17, 15) is 15.3 Å². The zero-order valence-electron chi connectivity index (χ0n) is 22.0. The highest BCUT2D eigenvalue weighted by molar-refractivity contribution is 5.21. The summed E-state index contributed by atoms with van der Waals surface area (Å²) in [5.41, 5.74) is 1.83. The largest absolute Gasteiger partial charge is 0.396 e. The standard InChI is InChI=1S/C30H50O3/c1-19(2)20-9-14-30(18-32)16-15-28(5)21(25(20)30)7-8-23-26(3)12-11-24(33)27(4,17-31)22(26)10-13-29(23,28)6/h20-25,31-33H,1,7-18H2,2-6H3/t20-,21-,22+,23-,24+,25+,26-,27+,28+,29+,30+/m0/s1. The first-order chi connectivity index (χ1) is 15.4. The van der Waals surface area contributed by atoms with Gasteiger partial charge in [-0.25, -0.2) is 0 Å². The minimum Gasteiger partial charge on any atom is -0.396 e.